The zero-order chi connectivity index (χ0) is 17.7. The van der Waals surface area contributed by atoms with Gasteiger partial charge in [-0.25, -0.2) is 4.79 Å². The number of carbonyl (C=O) groups excluding carboxylic acids is 1. The maximum atomic E-state index is 12.1. The van der Waals surface area contributed by atoms with E-state index in [4.69, 9.17) is 27.9 Å². The van der Waals surface area contributed by atoms with Crippen LogP contribution in [0.25, 0.3) is 0 Å². The summed E-state index contributed by atoms with van der Waals surface area (Å²) in [5.41, 5.74) is 1.18. The zero-order valence-electron chi connectivity index (χ0n) is 12.8. The molecule has 0 aliphatic rings. The molecule has 2 aromatic rings. The molecule has 128 valence electrons. The Labute approximate surface area is 150 Å². The minimum absolute atomic E-state index is 0.0558. The Bertz CT molecular complexity index is 764. The average Bonchev–Trinajstić information content (AvgIpc) is 2.53. The summed E-state index contributed by atoms with van der Waals surface area (Å²) in [5.74, 6) is -1.14. The predicted molar refractivity (Wildman–Crippen MR) is 94.7 cm³/mol. The Morgan fingerprint density at radius 3 is 2.46 bits per heavy atom. The predicted octanol–water partition coefficient (Wildman–Crippen LogP) is 4.82. The van der Waals surface area contributed by atoms with Crippen LogP contribution in [-0.2, 0) is 15.9 Å². The lowest BCUT2D eigenvalue weighted by atomic mass is 10.2. The van der Waals surface area contributed by atoms with Gasteiger partial charge in [0.05, 0.1) is 10.0 Å². The Hall–Kier alpha value is -1.52. The fraction of sp³-hybridized carbons (Fsp3) is 0.188. The van der Waals surface area contributed by atoms with Gasteiger partial charge in [-0.3, -0.25) is 4.57 Å². The van der Waals surface area contributed by atoms with Crippen molar-refractivity contribution < 1.29 is 19.0 Å². The van der Waals surface area contributed by atoms with E-state index in [9.17, 15) is 14.3 Å². The Morgan fingerprint density at radius 1 is 1.21 bits per heavy atom. The van der Waals surface area contributed by atoms with Gasteiger partial charge in [-0.2, -0.15) is 0 Å². The molecule has 0 aliphatic heterocycles. The number of rotatable bonds is 5. The van der Waals surface area contributed by atoms with Gasteiger partial charge in [0, 0.05) is 6.66 Å². The van der Waals surface area contributed by atoms with Gasteiger partial charge < -0.3 is 14.9 Å². The van der Waals surface area contributed by atoms with Crippen molar-refractivity contribution in [3.63, 3.8) is 0 Å². The van der Waals surface area contributed by atoms with Crippen LogP contribution in [-0.4, -0.2) is 17.7 Å². The molecule has 2 N–H and O–H groups in total. The molecule has 0 spiro atoms. The van der Waals surface area contributed by atoms with Crippen LogP contribution in [0.2, 0.25) is 10.0 Å². The van der Waals surface area contributed by atoms with E-state index < -0.39 is 19.2 Å². The highest BCUT2D eigenvalue weighted by Crippen LogP contribution is 2.51. The van der Waals surface area contributed by atoms with E-state index in [1.807, 2.05) is 18.2 Å². The van der Waals surface area contributed by atoms with Gasteiger partial charge in [0.15, 0.2) is 0 Å². The molecule has 0 bridgehead atoms. The molecule has 8 heteroatoms. The number of ether oxygens (including phenoxy) is 1. The smallest absolute Gasteiger partial charge is 0.408 e. The molecule has 0 heterocycles. The SMILES string of the molecule is CP(=O)(O)C(NC(=O)OCc1ccccc1)c1ccc(Cl)c(Cl)c1. The molecule has 2 aromatic carbocycles. The quantitative estimate of drug-likeness (QED) is 0.721. The summed E-state index contributed by atoms with van der Waals surface area (Å²) in [6.07, 6.45) is -0.800. The fourth-order valence-corrected chi connectivity index (χ4v) is 3.40. The van der Waals surface area contributed by atoms with Crippen LogP contribution >= 0.6 is 30.6 Å². The fourth-order valence-electron chi connectivity index (χ4n) is 2.04. The summed E-state index contributed by atoms with van der Waals surface area (Å²) in [6.45, 7) is 1.21. The molecule has 0 saturated carbocycles. The first-order chi connectivity index (χ1) is 11.3. The summed E-state index contributed by atoms with van der Waals surface area (Å²) in [4.78, 5) is 21.9. The minimum Gasteiger partial charge on any atom is -0.445 e. The maximum absolute atomic E-state index is 12.1. The van der Waals surface area contributed by atoms with Crippen molar-refractivity contribution >= 4 is 36.7 Å². The van der Waals surface area contributed by atoms with Crippen molar-refractivity contribution in [2.24, 2.45) is 0 Å². The van der Waals surface area contributed by atoms with Crippen molar-refractivity contribution in [2.45, 2.75) is 12.4 Å². The van der Waals surface area contributed by atoms with Gasteiger partial charge >= 0.3 is 6.09 Å². The average molecular weight is 388 g/mol. The van der Waals surface area contributed by atoms with Crippen LogP contribution in [0.15, 0.2) is 48.5 Å². The summed E-state index contributed by atoms with van der Waals surface area (Å²) in [5, 5.41) is 2.96. The van der Waals surface area contributed by atoms with Crippen LogP contribution in [0, 0.1) is 0 Å². The van der Waals surface area contributed by atoms with E-state index in [0.29, 0.717) is 10.6 Å². The van der Waals surface area contributed by atoms with Gasteiger partial charge in [0.2, 0.25) is 7.37 Å². The van der Waals surface area contributed by atoms with Gasteiger partial charge in [-0.15, -0.1) is 0 Å². The number of halogens is 2. The lowest BCUT2D eigenvalue weighted by Gasteiger charge is -2.22. The van der Waals surface area contributed by atoms with E-state index in [1.54, 1.807) is 12.1 Å². The molecular weight excluding hydrogens is 372 g/mol. The second kappa shape index (κ2) is 8.04. The summed E-state index contributed by atoms with van der Waals surface area (Å²) < 4.78 is 17.2. The Morgan fingerprint density at radius 2 is 1.88 bits per heavy atom. The molecule has 0 saturated heterocycles. The lowest BCUT2D eigenvalue weighted by molar-refractivity contribution is 0.138. The van der Waals surface area contributed by atoms with E-state index in [2.05, 4.69) is 5.32 Å². The maximum Gasteiger partial charge on any atom is 0.408 e. The molecule has 0 aliphatic carbocycles. The van der Waals surface area contributed by atoms with E-state index in [-0.39, 0.29) is 11.6 Å². The third-order valence-corrected chi connectivity index (χ3v) is 5.33. The number of alkyl carbamates (subject to hydrolysis) is 1. The first-order valence-corrected chi connectivity index (χ1v) is 9.92. The van der Waals surface area contributed by atoms with Crippen molar-refractivity contribution in [2.75, 3.05) is 6.66 Å². The molecule has 0 aromatic heterocycles. The van der Waals surface area contributed by atoms with E-state index in [1.165, 1.54) is 18.2 Å². The molecule has 0 fully saturated rings. The normalized spacial score (nSPS) is 14.5. The lowest BCUT2D eigenvalue weighted by Crippen LogP contribution is -2.29. The number of nitrogens with one attached hydrogen (secondary N) is 1. The molecule has 2 rings (SSSR count). The number of carbonyl (C=O) groups is 1. The second-order valence-corrected chi connectivity index (χ2v) is 8.44. The highest BCUT2D eigenvalue weighted by Gasteiger charge is 2.30. The summed E-state index contributed by atoms with van der Waals surface area (Å²) >= 11 is 11.8. The second-order valence-electron chi connectivity index (χ2n) is 5.23. The first kappa shape index (κ1) is 18.8. The summed E-state index contributed by atoms with van der Waals surface area (Å²) in [6, 6.07) is 13.6. The third-order valence-electron chi connectivity index (χ3n) is 3.21. The number of amides is 1. The van der Waals surface area contributed by atoms with Crippen molar-refractivity contribution in [3.05, 3.63) is 69.7 Å². The molecule has 2 unspecified atom stereocenters. The highest BCUT2D eigenvalue weighted by atomic mass is 35.5. The van der Waals surface area contributed by atoms with Crippen LogP contribution in [0.5, 0.6) is 0 Å². The van der Waals surface area contributed by atoms with Crippen LogP contribution in [0.1, 0.15) is 16.9 Å². The topological polar surface area (TPSA) is 75.6 Å². The standard InChI is InChI=1S/C16H16Cl2NO4P/c1-24(21,22)15(12-7-8-13(17)14(18)9-12)19-16(20)23-10-11-5-3-2-4-6-11/h2-9,15H,10H2,1H3,(H,19,20)(H,21,22). The molecule has 2 atom stereocenters. The largest absolute Gasteiger partial charge is 0.445 e. The Kier molecular flexibility index (Phi) is 6.30. The highest BCUT2D eigenvalue weighted by molar-refractivity contribution is 7.57. The van der Waals surface area contributed by atoms with Crippen LogP contribution in [0.3, 0.4) is 0 Å². The number of hydrogen-bond acceptors (Lipinski definition) is 3. The molecule has 24 heavy (non-hydrogen) atoms. The minimum atomic E-state index is -3.70. The monoisotopic (exact) mass is 387 g/mol. The van der Waals surface area contributed by atoms with Crippen LogP contribution in [0.4, 0.5) is 4.79 Å². The first-order valence-electron chi connectivity index (χ1n) is 6.99. The van der Waals surface area contributed by atoms with Gasteiger partial charge in [0.1, 0.15) is 12.4 Å². The van der Waals surface area contributed by atoms with E-state index in [0.717, 1.165) is 12.2 Å². The van der Waals surface area contributed by atoms with Gasteiger partial charge in [-0.1, -0.05) is 59.6 Å². The van der Waals surface area contributed by atoms with Gasteiger partial charge in [0.25, 0.3) is 0 Å². The van der Waals surface area contributed by atoms with Crippen molar-refractivity contribution in [3.8, 4) is 0 Å². The summed E-state index contributed by atoms with van der Waals surface area (Å²) in [7, 11) is -3.70. The van der Waals surface area contributed by atoms with Crippen molar-refractivity contribution in [1.82, 2.24) is 5.32 Å². The zero-order valence-corrected chi connectivity index (χ0v) is 15.2. The van der Waals surface area contributed by atoms with Crippen LogP contribution < -0.4 is 5.32 Å². The van der Waals surface area contributed by atoms with E-state index >= 15 is 0 Å². The van der Waals surface area contributed by atoms with Crippen molar-refractivity contribution in [1.29, 1.82) is 0 Å². The Balaban J connectivity index is 2.10. The third kappa shape index (κ3) is 5.25. The molecule has 0 radical (unpaired) electrons. The molecule has 1 amide bonds. The molecular formula is C16H16Cl2NO4P. The van der Waals surface area contributed by atoms with Gasteiger partial charge in [-0.05, 0) is 23.3 Å². The molecule has 5 nitrogen and oxygen atoms in total. The number of hydrogen-bond donors (Lipinski definition) is 2. The number of benzene rings is 2.